The first-order chi connectivity index (χ1) is 18.2. The van der Waals surface area contributed by atoms with Crippen LogP contribution in [0.1, 0.15) is 16.8 Å². The van der Waals surface area contributed by atoms with Gasteiger partial charge in [-0.25, -0.2) is 4.39 Å². The fraction of sp³-hybridized carbons (Fsp3) is 0.192. The van der Waals surface area contributed by atoms with Crippen LogP contribution < -0.4 is 15.0 Å². The number of methoxy groups -OCH3 is 1. The van der Waals surface area contributed by atoms with Crippen LogP contribution in [0, 0.1) is 12.7 Å². The highest BCUT2D eigenvalue weighted by atomic mass is 35.5. The van der Waals surface area contributed by atoms with E-state index in [-0.39, 0.29) is 42.3 Å². The van der Waals surface area contributed by atoms with Crippen molar-refractivity contribution in [3.8, 4) is 22.6 Å². The molecule has 0 atom stereocenters. The number of hydrogen-bond donors (Lipinski definition) is 1. The quantitative estimate of drug-likeness (QED) is 0.384. The van der Waals surface area contributed by atoms with E-state index in [0.29, 0.717) is 21.8 Å². The van der Waals surface area contributed by atoms with E-state index < -0.39 is 21.6 Å². The Morgan fingerprint density at radius 3 is 2.66 bits per heavy atom. The molecule has 0 fully saturated rings. The minimum atomic E-state index is -3.93. The Kier molecular flexibility index (Phi) is 6.91. The Labute approximate surface area is 223 Å². The molecule has 38 heavy (non-hydrogen) atoms. The zero-order valence-electron chi connectivity index (χ0n) is 20.5. The molecule has 196 valence electrons. The molecule has 0 saturated heterocycles. The molecule has 1 aliphatic rings. The van der Waals surface area contributed by atoms with Gasteiger partial charge in [-0.2, -0.15) is 17.8 Å². The van der Waals surface area contributed by atoms with Crippen LogP contribution in [0.2, 0.25) is 5.02 Å². The maximum absolute atomic E-state index is 15.5. The average Bonchev–Trinajstić information content (AvgIpc) is 2.90. The maximum Gasteiger partial charge on any atom is 0.303 e. The summed E-state index contributed by atoms with van der Waals surface area (Å²) in [7, 11) is -2.50. The largest absolute Gasteiger partial charge is 0.495 e. The lowest BCUT2D eigenvalue weighted by Crippen LogP contribution is -2.41. The summed E-state index contributed by atoms with van der Waals surface area (Å²) < 4.78 is 52.0. The van der Waals surface area contributed by atoms with Crippen LogP contribution in [0.4, 0.5) is 10.2 Å². The lowest BCUT2D eigenvalue weighted by molar-refractivity contribution is 0.385. The zero-order valence-corrected chi connectivity index (χ0v) is 22.1. The Bertz CT molecular complexity index is 1700. The molecular weight excluding hydrogens is 533 g/mol. The van der Waals surface area contributed by atoms with Crippen LogP contribution >= 0.6 is 11.6 Å². The maximum atomic E-state index is 15.5. The van der Waals surface area contributed by atoms with E-state index in [1.807, 2.05) is 13.0 Å². The first-order valence-electron chi connectivity index (χ1n) is 11.6. The second-order valence-corrected chi connectivity index (χ2v) is 10.8. The van der Waals surface area contributed by atoms with Gasteiger partial charge in [0.25, 0.3) is 5.56 Å². The van der Waals surface area contributed by atoms with Gasteiger partial charge in [-0.15, -0.1) is 5.10 Å². The summed E-state index contributed by atoms with van der Waals surface area (Å²) in [5, 5.41) is 7.83. The van der Waals surface area contributed by atoms with Gasteiger partial charge in [-0.3, -0.25) is 14.1 Å². The standard InChI is InChI=1S/C26H23ClFN5O4S/c1-16-5-7-20(27)18(12-16)19-13-24(37-2)23(14-21(19)28)33-22-9-11-32(15-17(22)6-8-26(33)34)38(35,36)31-25-4-3-10-29-30-25/h3-8,10,12-14H,9,11,15H2,1-2H3,(H,30,31). The predicted molar refractivity (Wildman–Crippen MR) is 142 cm³/mol. The highest BCUT2D eigenvalue weighted by Crippen LogP contribution is 2.37. The van der Waals surface area contributed by atoms with Crippen LogP contribution in [0.25, 0.3) is 16.8 Å². The number of nitrogens with one attached hydrogen (secondary N) is 1. The van der Waals surface area contributed by atoms with Gasteiger partial charge in [0.2, 0.25) is 0 Å². The fourth-order valence-corrected chi connectivity index (χ4v) is 5.85. The molecule has 5 rings (SSSR count). The molecule has 1 aliphatic heterocycles. The van der Waals surface area contributed by atoms with Gasteiger partial charge < -0.3 is 4.74 Å². The number of nitrogens with zero attached hydrogens (tertiary/aromatic N) is 4. The van der Waals surface area contributed by atoms with Gasteiger partial charge in [-0.1, -0.05) is 29.3 Å². The topological polar surface area (TPSA) is 106 Å². The predicted octanol–water partition coefficient (Wildman–Crippen LogP) is 4.12. The van der Waals surface area contributed by atoms with Gasteiger partial charge in [0.1, 0.15) is 11.6 Å². The van der Waals surface area contributed by atoms with E-state index in [9.17, 15) is 13.2 Å². The molecule has 4 aromatic rings. The third-order valence-corrected chi connectivity index (χ3v) is 8.09. The molecule has 3 heterocycles. The van der Waals surface area contributed by atoms with Crippen LogP contribution in [0.15, 0.2) is 65.6 Å². The van der Waals surface area contributed by atoms with Crippen molar-refractivity contribution in [1.82, 2.24) is 19.1 Å². The third-order valence-electron chi connectivity index (χ3n) is 6.30. The smallest absolute Gasteiger partial charge is 0.303 e. The number of aromatic nitrogens is 3. The summed E-state index contributed by atoms with van der Waals surface area (Å²) in [6, 6.07) is 14.0. The van der Waals surface area contributed by atoms with E-state index in [1.165, 1.54) is 46.4 Å². The molecule has 9 nitrogen and oxygen atoms in total. The van der Waals surface area contributed by atoms with Crippen molar-refractivity contribution in [1.29, 1.82) is 0 Å². The Morgan fingerprint density at radius 1 is 1.11 bits per heavy atom. The number of aryl methyl sites for hydroxylation is 1. The van der Waals surface area contributed by atoms with Crippen LogP contribution in [-0.2, 0) is 23.2 Å². The molecule has 0 aliphatic carbocycles. The van der Waals surface area contributed by atoms with Crippen molar-refractivity contribution in [2.24, 2.45) is 0 Å². The Hall–Kier alpha value is -3.80. The molecule has 0 saturated carbocycles. The van der Waals surface area contributed by atoms with Crippen molar-refractivity contribution < 1.29 is 17.5 Å². The number of anilines is 1. The van der Waals surface area contributed by atoms with Gasteiger partial charge >= 0.3 is 10.2 Å². The van der Waals surface area contributed by atoms with E-state index in [1.54, 1.807) is 24.3 Å². The summed E-state index contributed by atoms with van der Waals surface area (Å²) in [5.74, 6) is -0.211. The summed E-state index contributed by atoms with van der Waals surface area (Å²) in [4.78, 5) is 13.0. The highest BCUT2D eigenvalue weighted by molar-refractivity contribution is 7.90. The number of halogens is 2. The van der Waals surface area contributed by atoms with Gasteiger partial charge in [0, 0.05) is 59.7 Å². The number of rotatable bonds is 6. The summed E-state index contributed by atoms with van der Waals surface area (Å²) in [6.45, 7) is 1.98. The van der Waals surface area contributed by atoms with Gasteiger partial charge in [-0.05, 0) is 42.8 Å². The van der Waals surface area contributed by atoms with Crippen molar-refractivity contribution in [3.63, 3.8) is 0 Å². The first kappa shape index (κ1) is 25.8. The SMILES string of the molecule is COc1cc(-c2cc(C)ccc2Cl)c(F)cc1-n1c2c(ccc1=O)CN(S(=O)(=O)Nc1cccnn1)CC2. The zero-order chi connectivity index (χ0) is 27.0. The van der Waals surface area contributed by atoms with Crippen LogP contribution in [-0.4, -0.2) is 41.1 Å². The number of pyridine rings is 1. The molecule has 2 aromatic carbocycles. The molecule has 0 unspecified atom stereocenters. The lowest BCUT2D eigenvalue weighted by atomic mass is 10.0. The molecule has 0 bridgehead atoms. The van der Waals surface area contributed by atoms with E-state index in [4.69, 9.17) is 16.3 Å². The third kappa shape index (κ3) is 4.87. The van der Waals surface area contributed by atoms with Crippen molar-refractivity contribution in [2.75, 3.05) is 18.4 Å². The van der Waals surface area contributed by atoms with E-state index in [0.717, 1.165) is 5.56 Å². The van der Waals surface area contributed by atoms with Crippen molar-refractivity contribution in [3.05, 3.63) is 98.8 Å². The number of hydrogen-bond acceptors (Lipinski definition) is 6. The molecule has 12 heteroatoms. The summed E-state index contributed by atoms with van der Waals surface area (Å²) in [6.07, 6.45) is 1.65. The number of ether oxygens (including phenoxy) is 1. The normalized spacial score (nSPS) is 13.7. The van der Waals surface area contributed by atoms with E-state index >= 15 is 4.39 Å². The second kappa shape index (κ2) is 10.2. The first-order valence-corrected chi connectivity index (χ1v) is 13.4. The second-order valence-electron chi connectivity index (χ2n) is 8.77. The van der Waals surface area contributed by atoms with Crippen molar-refractivity contribution >= 4 is 27.6 Å². The average molecular weight is 556 g/mol. The summed E-state index contributed by atoms with van der Waals surface area (Å²) in [5.41, 5.74) is 2.66. The van der Waals surface area contributed by atoms with Gasteiger partial charge in [0.05, 0.1) is 12.8 Å². The minimum absolute atomic E-state index is 0.00693. The lowest BCUT2D eigenvalue weighted by Gasteiger charge is -2.30. The molecule has 0 radical (unpaired) electrons. The number of fused-ring (bicyclic) bond motifs is 1. The summed E-state index contributed by atoms with van der Waals surface area (Å²) >= 11 is 6.35. The van der Waals surface area contributed by atoms with Crippen LogP contribution in [0.5, 0.6) is 5.75 Å². The Balaban J connectivity index is 1.54. The minimum Gasteiger partial charge on any atom is -0.495 e. The monoisotopic (exact) mass is 555 g/mol. The molecule has 0 spiro atoms. The van der Waals surface area contributed by atoms with Crippen LogP contribution in [0.3, 0.4) is 0 Å². The fourth-order valence-electron chi connectivity index (χ4n) is 4.49. The van der Waals surface area contributed by atoms with Gasteiger partial charge in [0.15, 0.2) is 5.82 Å². The molecular formula is C26H23ClFN5O4S. The van der Waals surface area contributed by atoms with E-state index in [2.05, 4.69) is 14.9 Å². The van der Waals surface area contributed by atoms with Crippen molar-refractivity contribution in [2.45, 2.75) is 19.9 Å². The molecule has 0 amide bonds. The Morgan fingerprint density at radius 2 is 1.92 bits per heavy atom. The molecule has 1 N–H and O–H groups in total. The highest BCUT2D eigenvalue weighted by Gasteiger charge is 2.30. The number of benzene rings is 2. The molecule has 2 aromatic heterocycles.